The van der Waals surface area contributed by atoms with Gasteiger partial charge in [-0.25, -0.2) is 0 Å². The molecule has 1 aliphatic carbocycles. The highest BCUT2D eigenvalue weighted by molar-refractivity contribution is 5.86. The van der Waals surface area contributed by atoms with Gasteiger partial charge in [-0.1, -0.05) is 6.08 Å². The fourth-order valence-electron chi connectivity index (χ4n) is 2.03. The van der Waals surface area contributed by atoms with Gasteiger partial charge in [0.05, 0.1) is 12.5 Å². The molecule has 1 N–H and O–H groups in total. The summed E-state index contributed by atoms with van der Waals surface area (Å²) in [6.07, 6.45) is 7.11. The van der Waals surface area contributed by atoms with Crippen molar-refractivity contribution in [2.24, 2.45) is 0 Å². The van der Waals surface area contributed by atoms with Crippen LogP contribution in [0, 0.1) is 5.41 Å². The van der Waals surface area contributed by atoms with E-state index in [9.17, 15) is 4.79 Å². The van der Waals surface area contributed by atoms with E-state index in [-0.39, 0.29) is 5.97 Å². The van der Waals surface area contributed by atoms with Gasteiger partial charge in [0.25, 0.3) is 0 Å². The van der Waals surface area contributed by atoms with Crippen LogP contribution in [0.5, 0.6) is 0 Å². The lowest BCUT2D eigenvalue weighted by Gasteiger charge is -2.13. The second-order valence-electron chi connectivity index (χ2n) is 4.26. The Kier molecular flexibility index (Phi) is 2.88. The number of hydrogen-bond acceptors (Lipinski definition) is 3. The number of pyridine rings is 1. The Bertz CT molecular complexity index is 524. The predicted molar refractivity (Wildman–Crippen MR) is 64.2 cm³/mol. The molecule has 1 saturated carbocycles. The summed E-state index contributed by atoms with van der Waals surface area (Å²) in [5.41, 5.74) is 0.769. The molecule has 0 unspecified atom stereocenters. The highest BCUT2D eigenvalue weighted by Crippen LogP contribution is 2.48. The van der Waals surface area contributed by atoms with E-state index in [1.807, 2.05) is 25.3 Å². The zero-order chi connectivity index (χ0) is 12.5. The Morgan fingerprint density at radius 2 is 2.29 bits per heavy atom. The average molecular weight is 232 g/mol. The molecule has 90 valence electrons. The fraction of sp³-hybridized carbons (Fsp3) is 0.385. The first-order valence-electron chi connectivity index (χ1n) is 5.62. The minimum atomic E-state index is -0.487. The molecule has 1 aromatic heterocycles. The Hall–Kier alpha value is -1.84. The monoisotopic (exact) mass is 232 g/mol. The SMILES string of the molecule is C/C=C\n1ccc(C2(C(=O)OC)CC2)cc1=N. The first-order chi connectivity index (χ1) is 8.14. The minimum absolute atomic E-state index is 0.194. The van der Waals surface area contributed by atoms with Gasteiger partial charge in [0.2, 0.25) is 0 Å². The van der Waals surface area contributed by atoms with Crippen LogP contribution in [0.2, 0.25) is 0 Å². The first kappa shape index (κ1) is 11.6. The van der Waals surface area contributed by atoms with E-state index in [2.05, 4.69) is 0 Å². The number of methoxy groups -OCH3 is 1. The van der Waals surface area contributed by atoms with Crippen molar-refractivity contribution in [3.63, 3.8) is 0 Å². The third-order valence-corrected chi connectivity index (χ3v) is 3.17. The van der Waals surface area contributed by atoms with Crippen LogP contribution in [0.15, 0.2) is 24.4 Å². The normalized spacial score (nSPS) is 17.1. The Morgan fingerprint density at radius 1 is 1.59 bits per heavy atom. The summed E-state index contributed by atoms with van der Waals surface area (Å²) in [5.74, 6) is -0.194. The molecule has 0 spiro atoms. The third-order valence-electron chi connectivity index (χ3n) is 3.17. The molecule has 0 aromatic carbocycles. The summed E-state index contributed by atoms with van der Waals surface area (Å²) in [6, 6.07) is 3.63. The molecule has 17 heavy (non-hydrogen) atoms. The molecule has 1 fully saturated rings. The van der Waals surface area contributed by atoms with E-state index in [1.165, 1.54) is 7.11 Å². The summed E-state index contributed by atoms with van der Waals surface area (Å²) in [5, 5.41) is 7.88. The number of nitrogens with zero attached hydrogens (tertiary/aromatic N) is 1. The second kappa shape index (κ2) is 4.20. The smallest absolute Gasteiger partial charge is 0.316 e. The van der Waals surface area contributed by atoms with Gasteiger partial charge in [-0.2, -0.15) is 0 Å². The van der Waals surface area contributed by atoms with Crippen molar-refractivity contribution in [3.8, 4) is 0 Å². The van der Waals surface area contributed by atoms with E-state index in [1.54, 1.807) is 16.8 Å². The predicted octanol–water partition coefficient (Wildman–Crippen LogP) is 1.66. The summed E-state index contributed by atoms with van der Waals surface area (Å²) in [6.45, 7) is 1.90. The van der Waals surface area contributed by atoms with Crippen molar-refractivity contribution >= 4 is 12.2 Å². The standard InChI is InChI=1S/C13H16N2O2/c1-3-7-15-8-4-10(9-11(15)14)13(5-6-13)12(16)17-2/h3-4,7-9,14H,5-6H2,1-2H3/b7-3-,14-11?. The lowest BCUT2D eigenvalue weighted by Crippen LogP contribution is -2.25. The van der Waals surface area contributed by atoms with Crippen molar-refractivity contribution in [3.05, 3.63) is 35.5 Å². The van der Waals surface area contributed by atoms with Crippen LogP contribution in [-0.4, -0.2) is 17.6 Å². The largest absolute Gasteiger partial charge is 0.468 e. The topological polar surface area (TPSA) is 55.1 Å². The number of nitrogens with one attached hydrogen (secondary N) is 1. The number of rotatable bonds is 3. The van der Waals surface area contributed by atoms with Crippen molar-refractivity contribution in [1.82, 2.24) is 4.57 Å². The molecular weight excluding hydrogens is 216 g/mol. The summed E-state index contributed by atoms with van der Waals surface area (Å²) >= 11 is 0. The Morgan fingerprint density at radius 3 is 2.76 bits per heavy atom. The molecule has 1 heterocycles. The highest BCUT2D eigenvalue weighted by atomic mass is 16.5. The molecule has 4 nitrogen and oxygen atoms in total. The average Bonchev–Trinajstić information content (AvgIpc) is 3.12. The molecule has 0 radical (unpaired) electrons. The van der Waals surface area contributed by atoms with Gasteiger partial charge in [-0.15, -0.1) is 0 Å². The summed E-state index contributed by atoms with van der Waals surface area (Å²) in [7, 11) is 1.41. The zero-order valence-corrected chi connectivity index (χ0v) is 10.1. The number of carbonyl (C=O) groups excluding carboxylic acids is 1. The summed E-state index contributed by atoms with van der Waals surface area (Å²) < 4.78 is 6.53. The van der Waals surface area contributed by atoms with E-state index in [0.29, 0.717) is 5.49 Å². The lowest BCUT2D eigenvalue weighted by atomic mass is 9.97. The third kappa shape index (κ3) is 1.90. The molecule has 0 bridgehead atoms. The number of allylic oxidation sites excluding steroid dienone is 1. The molecule has 1 aromatic rings. The Labute approximate surface area is 100 Å². The minimum Gasteiger partial charge on any atom is -0.468 e. The van der Waals surface area contributed by atoms with Gasteiger partial charge in [0, 0.05) is 12.4 Å². The zero-order valence-electron chi connectivity index (χ0n) is 10.1. The summed E-state index contributed by atoms with van der Waals surface area (Å²) in [4.78, 5) is 11.7. The maximum atomic E-state index is 11.7. The van der Waals surface area contributed by atoms with Crippen LogP contribution in [-0.2, 0) is 14.9 Å². The van der Waals surface area contributed by atoms with Crippen LogP contribution >= 0.6 is 0 Å². The van der Waals surface area contributed by atoms with Crippen LogP contribution in [0.4, 0.5) is 0 Å². The number of carbonyl (C=O) groups is 1. The lowest BCUT2D eigenvalue weighted by molar-refractivity contribution is -0.143. The maximum absolute atomic E-state index is 11.7. The van der Waals surface area contributed by atoms with Crippen LogP contribution < -0.4 is 5.49 Å². The molecule has 0 amide bonds. The number of hydrogen-bond donors (Lipinski definition) is 1. The van der Waals surface area contributed by atoms with Gasteiger partial charge in [-0.05, 0) is 37.5 Å². The fourth-order valence-corrected chi connectivity index (χ4v) is 2.03. The maximum Gasteiger partial charge on any atom is 0.316 e. The molecule has 1 aliphatic rings. The van der Waals surface area contributed by atoms with Crippen molar-refractivity contribution in [2.75, 3.05) is 7.11 Å². The molecule has 0 atom stereocenters. The highest BCUT2D eigenvalue weighted by Gasteiger charge is 2.52. The second-order valence-corrected chi connectivity index (χ2v) is 4.26. The van der Waals surface area contributed by atoms with Crippen LogP contribution in [0.1, 0.15) is 25.3 Å². The molecule has 0 aliphatic heterocycles. The van der Waals surface area contributed by atoms with E-state index < -0.39 is 5.41 Å². The van der Waals surface area contributed by atoms with Gasteiger partial charge < -0.3 is 9.30 Å². The van der Waals surface area contributed by atoms with E-state index in [0.717, 1.165) is 18.4 Å². The van der Waals surface area contributed by atoms with Crippen molar-refractivity contribution < 1.29 is 9.53 Å². The number of ether oxygens (including phenoxy) is 1. The van der Waals surface area contributed by atoms with Crippen LogP contribution in [0.25, 0.3) is 6.20 Å². The van der Waals surface area contributed by atoms with Gasteiger partial charge in [-0.3, -0.25) is 10.2 Å². The van der Waals surface area contributed by atoms with Gasteiger partial charge >= 0.3 is 5.97 Å². The first-order valence-corrected chi connectivity index (χ1v) is 5.62. The number of aromatic nitrogens is 1. The van der Waals surface area contributed by atoms with Gasteiger partial charge in [0.1, 0.15) is 5.49 Å². The quantitative estimate of drug-likeness (QED) is 0.806. The molecule has 4 heteroatoms. The molecular formula is C13H16N2O2. The van der Waals surface area contributed by atoms with Crippen LogP contribution in [0.3, 0.4) is 0 Å². The van der Waals surface area contributed by atoms with Gasteiger partial charge in [0.15, 0.2) is 0 Å². The van der Waals surface area contributed by atoms with Crippen molar-refractivity contribution in [2.45, 2.75) is 25.2 Å². The number of esters is 1. The molecule has 2 rings (SSSR count). The van der Waals surface area contributed by atoms with E-state index >= 15 is 0 Å². The van der Waals surface area contributed by atoms with E-state index in [4.69, 9.17) is 10.1 Å². The molecule has 0 saturated heterocycles. The van der Waals surface area contributed by atoms with Crippen molar-refractivity contribution in [1.29, 1.82) is 5.41 Å². The Balaban J connectivity index is 2.39.